The molecule has 0 saturated carbocycles. The van der Waals surface area contributed by atoms with Crippen molar-refractivity contribution in [1.29, 1.82) is 0 Å². The second kappa shape index (κ2) is 5.74. The van der Waals surface area contributed by atoms with Crippen molar-refractivity contribution in [3.8, 4) is 11.5 Å². The number of aliphatic hydroxyl groups excluding tert-OH is 1. The average molecular weight is 385 g/mol. The second-order valence-electron chi connectivity index (χ2n) is 9.48. The van der Waals surface area contributed by atoms with Crippen LogP contribution >= 0.6 is 0 Å². The van der Waals surface area contributed by atoms with Crippen LogP contribution in [0.15, 0.2) is 24.3 Å². The van der Waals surface area contributed by atoms with E-state index < -0.39 is 17.9 Å². The highest BCUT2D eigenvalue weighted by Crippen LogP contribution is 2.62. The summed E-state index contributed by atoms with van der Waals surface area (Å²) in [5.41, 5.74) is 1.45. The van der Waals surface area contributed by atoms with Crippen LogP contribution in [0.2, 0.25) is 0 Å². The fourth-order valence-corrected chi connectivity index (χ4v) is 5.67. The maximum Gasteiger partial charge on any atom is 0.514 e. The Morgan fingerprint density at radius 2 is 2.11 bits per heavy atom. The topological polar surface area (TPSA) is 68.2 Å². The third kappa shape index (κ3) is 2.37. The van der Waals surface area contributed by atoms with E-state index in [1.807, 2.05) is 12.1 Å². The van der Waals surface area contributed by atoms with Crippen molar-refractivity contribution in [3.63, 3.8) is 0 Å². The largest absolute Gasteiger partial charge is 0.514 e. The van der Waals surface area contributed by atoms with E-state index >= 15 is 0 Å². The van der Waals surface area contributed by atoms with Gasteiger partial charge in [0.15, 0.2) is 11.5 Å². The number of rotatable bonds is 1. The van der Waals surface area contributed by atoms with Gasteiger partial charge in [-0.05, 0) is 58.8 Å². The number of nitrogens with zero attached hydrogens (tertiary/aromatic N) is 1. The van der Waals surface area contributed by atoms with Gasteiger partial charge >= 0.3 is 6.16 Å². The van der Waals surface area contributed by atoms with E-state index in [2.05, 4.69) is 18.0 Å². The van der Waals surface area contributed by atoms with Gasteiger partial charge in [-0.1, -0.05) is 18.2 Å². The van der Waals surface area contributed by atoms with E-state index in [1.54, 1.807) is 26.8 Å². The van der Waals surface area contributed by atoms with E-state index in [0.717, 1.165) is 24.9 Å². The Labute approximate surface area is 165 Å². The lowest BCUT2D eigenvalue weighted by Crippen LogP contribution is -2.64. The van der Waals surface area contributed by atoms with Crippen molar-refractivity contribution in [2.45, 2.75) is 62.9 Å². The summed E-state index contributed by atoms with van der Waals surface area (Å²) >= 11 is 0. The van der Waals surface area contributed by atoms with Crippen molar-refractivity contribution in [3.05, 3.63) is 35.4 Å². The van der Waals surface area contributed by atoms with Crippen LogP contribution in [0.5, 0.6) is 11.5 Å². The lowest BCUT2D eigenvalue weighted by molar-refractivity contribution is -0.0454. The lowest BCUT2D eigenvalue weighted by atomic mass is 9.53. The van der Waals surface area contributed by atoms with Gasteiger partial charge in [0.25, 0.3) is 0 Å². The summed E-state index contributed by atoms with van der Waals surface area (Å²) in [6.07, 6.45) is 4.10. The Morgan fingerprint density at radius 1 is 1.32 bits per heavy atom. The first kappa shape index (κ1) is 18.0. The molecule has 2 heterocycles. The number of hydrogen-bond acceptors (Lipinski definition) is 6. The van der Waals surface area contributed by atoms with Gasteiger partial charge in [0, 0.05) is 22.9 Å². The Hall–Kier alpha value is -2.05. The predicted molar refractivity (Wildman–Crippen MR) is 103 cm³/mol. The van der Waals surface area contributed by atoms with Crippen LogP contribution < -0.4 is 9.47 Å². The van der Waals surface area contributed by atoms with Gasteiger partial charge in [0.2, 0.25) is 0 Å². The fourth-order valence-electron chi connectivity index (χ4n) is 5.67. The minimum absolute atomic E-state index is 0.262. The summed E-state index contributed by atoms with van der Waals surface area (Å²) in [7, 11) is 2.17. The van der Waals surface area contributed by atoms with Crippen LogP contribution in [0.1, 0.15) is 38.3 Å². The quantitative estimate of drug-likeness (QED) is 0.456. The number of piperidine rings is 1. The number of hydrogen-bond donors (Lipinski definition) is 1. The highest BCUT2D eigenvalue weighted by molar-refractivity contribution is 5.69. The summed E-state index contributed by atoms with van der Waals surface area (Å²) in [4.78, 5) is 14.7. The van der Waals surface area contributed by atoms with E-state index in [9.17, 15) is 9.90 Å². The molecule has 0 aromatic heterocycles. The minimum atomic E-state index is -0.744. The predicted octanol–water partition coefficient (Wildman–Crippen LogP) is 2.81. The van der Waals surface area contributed by atoms with Crippen LogP contribution in [0.3, 0.4) is 0 Å². The Kier molecular flexibility index (Phi) is 3.69. The van der Waals surface area contributed by atoms with Gasteiger partial charge in [-0.3, -0.25) is 0 Å². The average Bonchev–Trinajstić information content (AvgIpc) is 2.95. The van der Waals surface area contributed by atoms with Gasteiger partial charge in [-0.15, -0.1) is 0 Å². The summed E-state index contributed by atoms with van der Waals surface area (Å²) in [6, 6.07) is 4.22. The molecule has 1 aromatic rings. The van der Waals surface area contributed by atoms with Crippen LogP contribution in [0.25, 0.3) is 0 Å². The second-order valence-corrected chi connectivity index (χ2v) is 9.48. The molecular formula is C22H27NO5. The van der Waals surface area contributed by atoms with Crippen LogP contribution in [-0.4, -0.2) is 53.6 Å². The molecule has 2 aliphatic heterocycles. The van der Waals surface area contributed by atoms with Crippen molar-refractivity contribution >= 4 is 6.16 Å². The Bertz CT molecular complexity index is 872. The van der Waals surface area contributed by atoms with E-state index in [1.165, 1.54) is 5.56 Å². The normalized spacial score (nSPS) is 35.2. The molecule has 0 unspecified atom stereocenters. The SMILES string of the molecule is CN1CC[C@]23c4c5ccc(OC(=O)OC(C)(C)C)c4O[C@H]2[C@@H](O)C=C[C@H]3[C@H]1C5. The summed E-state index contributed by atoms with van der Waals surface area (Å²) in [6.45, 7) is 6.36. The standard InChI is InChI=1S/C22H27NO5/c1-21(2,3)28-20(25)26-16-8-5-12-11-14-13-6-7-15(24)19-22(13,9-10-23(14)4)17(12)18(16)27-19/h5-8,13-15,19,24H,9-11H2,1-4H3/t13-,14+,15-,19-,22-/m0/s1. The van der Waals surface area contributed by atoms with Gasteiger partial charge in [-0.25, -0.2) is 4.79 Å². The molecule has 1 fully saturated rings. The van der Waals surface area contributed by atoms with E-state index in [-0.39, 0.29) is 17.4 Å². The summed E-state index contributed by atoms with van der Waals surface area (Å²) in [5, 5.41) is 10.7. The number of aliphatic hydroxyl groups is 1. The molecule has 0 amide bonds. The van der Waals surface area contributed by atoms with Gasteiger partial charge < -0.3 is 24.2 Å². The highest BCUT2D eigenvalue weighted by atomic mass is 16.7. The van der Waals surface area contributed by atoms with Gasteiger partial charge in [0.05, 0.1) is 0 Å². The molecule has 2 bridgehead atoms. The molecule has 5 atom stereocenters. The third-order valence-corrected chi connectivity index (χ3v) is 6.72. The van der Waals surface area contributed by atoms with Crippen LogP contribution in [-0.2, 0) is 16.6 Å². The molecule has 1 spiro atoms. The van der Waals surface area contributed by atoms with Crippen molar-refractivity contribution in [1.82, 2.24) is 4.90 Å². The molecule has 6 nitrogen and oxygen atoms in total. The number of likely N-dealkylation sites (tertiary alicyclic amines) is 1. The monoisotopic (exact) mass is 385 g/mol. The first-order chi connectivity index (χ1) is 13.2. The van der Waals surface area contributed by atoms with Crippen LogP contribution in [0, 0.1) is 5.92 Å². The minimum Gasteiger partial charge on any atom is -0.482 e. The number of likely N-dealkylation sites (N-methyl/N-ethyl adjacent to an activating group) is 1. The van der Waals surface area contributed by atoms with E-state index in [0.29, 0.717) is 17.5 Å². The Morgan fingerprint density at radius 3 is 2.86 bits per heavy atom. The zero-order chi connectivity index (χ0) is 19.8. The molecule has 1 saturated heterocycles. The summed E-state index contributed by atoms with van der Waals surface area (Å²) < 4.78 is 17.2. The van der Waals surface area contributed by atoms with Crippen molar-refractivity contribution in [2.24, 2.45) is 5.92 Å². The molecule has 4 aliphatic rings. The molecule has 2 aliphatic carbocycles. The maximum atomic E-state index is 12.3. The van der Waals surface area contributed by atoms with Gasteiger partial charge in [0.1, 0.15) is 17.8 Å². The van der Waals surface area contributed by atoms with Crippen molar-refractivity contribution in [2.75, 3.05) is 13.6 Å². The van der Waals surface area contributed by atoms with Crippen molar-refractivity contribution < 1.29 is 24.1 Å². The first-order valence-electron chi connectivity index (χ1n) is 10.0. The summed E-state index contributed by atoms with van der Waals surface area (Å²) in [5.74, 6) is 1.26. The highest BCUT2D eigenvalue weighted by Gasteiger charge is 2.64. The zero-order valence-corrected chi connectivity index (χ0v) is 16.8. The van der Waals surface area contributed by atoms with E-state index in [4.69, 9.17) is 14.2 Å². The third-order valence-electron chi connectivity index (χ3n) is 6.72. The van der Waals surface area contributed by atoms with Crippen LogP contribution in [0.4, 0.5) is 4.79 Å². The molecular weight excluding hydrogens is 358 g/mol. The number of carbonyl (C=O) groups excluding carboxylic acids is 1. The fraction of sp³-hybridized carbons (Fsp3) is 0.591. The Balaban J connectivity index is 1.60. The smallest absolute Gasteiger partial charge is 0.482 e. The number of carbonyl (C=O) groups is 1. The molecule has 1 N–H and O–H groups in total. The molecule has 150 valence electrons. The zero-order valence-electron chi connectivity index (χ0n) is 16.8. The lowest BCUT2D eigenvalue weighted by Gasteiger charge is -2.56. The number of ether oxygens (including phenoxy) is 3. The molecule has 1 aromatic carbocycles. The van der Waals surface area contributed by atoms with Gasteiger partial charge in [-0.2, -0.15) is 0 Å². The molecule has 5 rings (SSSR count). The molecule has 28 heavy (non-hydrogen) atoms. The maximum absolute atomic E-state index is 12.3. The molecule has 0 radical (unpaired) electrons. The first-order valence-corrected chi connectivity index (χ1v) is 10.0. The number of benzene rings is 1. The molecule has 6 heteroatoms.